The van der Waals surface area contributed by atoms with Gasteiger partial charge in [-0.25, -0.2) is 0 Å². The first-order valence-electron chi connectivity index (χ1n) is 15.9. The van der Waals surface area contributed by atoms with Crippen molar-refractivity contribution < 1.29 is 0 Å². The van der Waals surface area contributed by atoms with Crippen molar-refractivity contribution in [3.8, 4) is 0 Å². The lowest BCUT2D eigenvalue weighted by Gasteiger charge is -2.52. The van der Waals surface area contributed by atoms with Crippen LogP contribution in [0, 0.1) is 24.7 Å². The first kappa shape index (κ1) is 24.1. The smallest absolute Gasteiger partial charge is 0.105 e. The number of fused-ring (bicyclic) bond motifs is 3. The molecule has 0 radical (unpaired) electrons. The molecule has 7 rings (SSSR count). The van der Waals surface area contributed by atoms with Crippen LogP contribution in [0.3, 0.4) is 0 Å². The summed E-state index contributed by atoms with van der Waals surface area (Å²) in [5.74, 6) is 2.45. The van der Waals surface area contributed by atoms with Gasteiger partial charge < -0.3 is 9.80 Å². The van der Waals surface area contributed by atoms with Gasteiger partial charge in [0.25, 0.3) is 0 Å². The van der Waals surface area contributed by atoms with Crippen molar-refractivity contribution >= 4 is 11.4 Å². The Balaban J connectivity index is 1.45. The van der Waals surface area contributed by atoms with Crippen molar-refractivity contribution in [2.24, 2.45) is 17.8 Å². The standard InChI is InChI=1S/C35H48N2/c1-25-15-9-13-23-31(25)36-26(2)33-35(28-18-5-3-6-19-28,29-20-7-4-8-21-29)30-22-12-14-24-32(30)37(33)34(36)27-16-10-11-17-27/h9,12-15,22-24,26-29,33-34H,3-8,10-11,16-21H2,1-2H3/t26-,33?,34?/m0/s1. The van der Waals surface area contributed by atoms with Crippen LogP contribution in [0.25, 0.3) is 0 Å². The summed E-state index contributed by atoms with van der Waals surface area (Å²) in [7, 11) is 0. The van der Waals surface area contributed by atoms with Crippen LogP contribution >= 0.6 is 0 Å². The topological polar surface area (TPSA) is 6.48 Å². The highest BCUT2D eigenvalue weighted by Crippen LogP contribution is 2.64. The van der Waals surface area contributed by atoms with E-state index in [1.54, 1.807) is 11.3 Å². The second kappa shape index (κ2) is 9.65. The Hall–Kier alpha value is -1.96. The van der Waals surface area contributed by atoms with Gasteiger partial charge >= 0.3 is 0 Å². The molecule has 5 aliphatic rings. The van der Waals surface area contributed by atoms with E-state index in [9.17, 15) is 0 Å². The molecule has 0 N–H and O–H groups in total. The molecule has 2 unspecified atom stereocenters. The molecular weight excluding hydrogens is 448 g/mol. The zero-order valence-corrected chi connectivity index (χ0v) is 23.4. The van der Waals surface area contributed by atoms with Crippen LogP contribution in [-0.2, 0) is 5.41 Å². The third-order valence-corrected chi connectivity index (χ3v) is 11.7. The predicted octanol–water partition coefficient (Wildman–Crippen LogP) is 9.01. The van der Waals surface area contributed by atoms with Gasteiger partial charge in [-0.2, -0.15) is 0 Å². The third-order valence-electron chi connectivity index (χ3n) is 11.7. The van der Waals surface area contributed by atoms with Crippen molar-refractivity contribution in [2.45, 2.75) is 127 Å². The molecule has 3 aliphatic carbocycles. The minimum atomic E-state index is 0.311. The molecule has 2 aliphatic heterocycles. The maximum absolute atomic E-state index is 3.06. The molecule has 3 atom stereocenters. The lowest BCUT2D eigenvalue weighted by Crippen LogP contribution is -2.57. The second-order valence-corrected chi connectivity index (χ2v) is 13.4. The maximum Gasteiger partial charge on any atom is 0.105 e. The lowest BCUT2D eigenvalue weighted by molar-refractivity contribution is 0.0792. The number of rotatable bonds is 4. The Morgan fingerprint density at radius 3 is 1.78 bits per heavy atom. The van der Waals surface area contributed by atoms with Crippen molar-refractivity contribution in [3.63, 3.8) is 0 Å². The number of hydrogen-bond acceptors (Lipinski definition) is 2. The van der Waals surface area contributed by atoms with E-state index in [2.05, 4.69) is 72.2 Å². The average Bonchev–Trinajstić information content (AvgIpc) is 3.65. The van der Waals surface area contributed by atoms with E-state index in [4.69, 9.17) is 0 Å². The zero-order chi connectivity index (χ0) is 25.0. The summed E-state index contributed by atoms with van der Waals surface area (Å²) < 4.78 is 0. The van der Waals surface area contributed by atoms with Gasteiger partial charge in [-0.05, 0) is 93.4 Å². The first-order chi connectivity index (χ1) is 18.2. The molecule has 37 heavy (non-hydrogen) atoms. The average molecular weight is 497 g/mol. The van der Waals surface area contributed by atoms with E-state index in [1.165, 1.54) is 101 Å². The van der Waals surface area contributed by atoms with E-state index < -0.39 is 0 Å². The van der Waals surface area contributed by atoms with E-state index in [-0.39, 0.29) is 0 Å². The number of benzene rings is 2. The summed E-state index contributed by atoms with van der Waals surface area (Å²) >= 11 is 0. The summed E-state index contributed by atoms with van der Waals surface area (Å²) in [4.78, 5) is 6.01. The molecule has 0 bridgehead atoms. The third kappa shape index (κ3) is 3.56. The molecule has 198 valence electrons. The molecule has 2 heterocycles. The van der Waals surface area contributed by atoms with E-state index in [0.717, 1.165) is 17.8 Å². The van der Waals surface area contributed by atoms with Gasteiger partial charge in [0, 0.05) is 22.8 Å². The van der Waals surface area contributed by atoms with Gasteiger partial charge in [-0.3, -0.25) is 0 Å². The van der Waals surface area contributed by atoms with Gasteiger partial charge in [-0.15, -0.1) is 0 Å². The van der Waals surface area contributed by atoms with Crippen molar-refractivity contribution in [1.29, 1.82) is 0 Å². The van der Waals surface area contributed by atoms with Crippen LogP contribution < -0.4 is 9.80 Å². The predicted molar refractivity (Wildman–Crippen MR) is 156 cm³/mol. The summed E-state index contributed by atoms with van der Waals surface area (Å²) in [6, 6.07) is 20.3. The fraction of sp³-hybridized carbons (Fsp3) is 0.657. The molecular formula is C35H48N2. The van der Waals surface area contributed by atoms with Gasteiger partial charge in [0.15, 0.2) is 0 Å². The van der Waals surface area contributed by atoms with Crippen molar-refractivity contribution in [1.82, 2.24) is 0 Å². The van der Waals surface area contributed by atoms with Crippen LogP contribution in [-0.4, -0.2) is 18.2 Å². The van der Waals surface area contributed by atoms with Crippen LogP contribution in [0.2, 0.25) is 0 Å². The van der Waals surface area contributed by atoms with Crippen molar-refractivity contribution in [2.75, 3.05) is 9.80 Å². The highest BCUT2D eigenvalue weighted by atomic mass is 15.5. The minimum absolute atomic E-state index is 0.311. The van der Waals surface area contributed by atoms with Gasteiger partial charge in [0.2, 0.25) is 0 Å². The highest BCUT2D eigenvalue weighted by molar-refractivity contribution is 5.72. The SMILES string of the molecule is Cc1ccccc1N1C(C2CCCC2)N2c3ccccc3C(C3CCCCC3)(C3CCCCC3)C2[C@@H]1C. The number of nitrogens with zero attached hydrogens (tertiary/aromatic N) is 2. The lowest BCUT2D eigenvalue weighted by atomic mass is 9.53. The minimum Gasteiger partial charge on any atom is -0.346 e. The van der Waals surface area contributed by atoms with Crippen LogP contribution in [0.15, 0.2) is 48.5 Å². The molecule has 0 spiro atoms. The maximum atomic E-state index is 3.06. The Labute approximate surface area is 225 Å². The molecule has 3 saturated carbocycles. The fourth-order valence-electron chi connectivity index (χ4n) is 10.4. The van der Waals surface area contributed by atoms with Crippen LogP contribution in [0.4, 0.5) is 11.4 Å². The van der Waals surface area contributed by atoms with E-state index in [0.29, 0.717) is 23.7 Å². The van der Waals surface area contributed by atoms with Crippen LogP contribution in [0.1, 0.15) is 108 Å². The second-order valence-electron chi connectivity index (χ2n) is 13.4. The quantitative estimate of drug-likeness (QED) is 0.417. The summed E-state index contributed by atoms with van der Waals surface area (Å²) in [6.45, 7) is 4.98. The molecule has 0 amide bonds. The Bertz CT molecular complexity index is 1070. The van der Waals surface area contributed by atoms with E-state index >= 15 is 0 Å². The Morgan fingerprint density at radius 2 is 1.16 bits per heavy atom. The van der Waals surface area contributed by atoms with Crippen LogP contribution in [0.5, 0.6) is 0 Å². The largest absolute Gasteiger partial charge is 0.346 e. The molecule has 2 aromatic rings. The Morgan fingerprint density at radius 1 is 0.622 bits per heavy atom. The van der Waals surface area contributed by atoms with E-state index in [1.807, 2.05) is 0 Å². The van der Waals surface area contributed by atoms with Gasteiger partial charge in [-0.1, -0.05) is 87.8 Å². The van der Waals surface area contributed by atoms with Crippen molar-refractivity contribution in [3.05, 3.63) is 59.7 Å². The summed E-state index contributed by atoms with van der Waals surface area (Å²) in [5, 5.41) is 0. The fourth-order valence-corrected chi connectivity index (χ4v) is 10.4. The van der Waals surface area contributed by atoms with Gasteiger partial charge in [0.05, 0.1) is 6.04 Å². The molecule has 4 fully saturated rings. The molecule has 2 heteroatoms. The number of aryl methyl sites for hydroxylation is 1. The Kier molecular flexibility index (Phi) is 6.29. The zero-order valence-electron chi connectivity index (χ0n) is 23.4. The normalized spacial score (nSPS) is 30.6. The summed E-state index contributed by atoms with van der Waals surface area (Å²) in [5.41, 5.74) is 6.64. The highest BCUT2D eigenvalue weighted by Gasteiger charge is 2.66. The van der Waals surface area contributed by atoms with Gasteiger partial charge in [0.1, 0.15) is 6.17 Å². The first-order valence-corrected chi connectivity index (χ1v) is 15.9. The number of para-hydroxylation sites is 2. The number of anilines is 2. The molecule has 2 nitrogen and oxygen atoms in total. The molecule has 2 aromatic carbocycles. The summed E-state index contributed by atoms with van der Waals surface area (Å²) in [6.07, 6.45) is 20.5. The molecule has 1 saturated heterocycles. The number of hydrogen-bond donors (Lipinski definition) is 0. The molecule has 0 aromatic heterocycles. The monoisotopic (exact) mass is 496 g/mol.